The molecule has 1 heterocycles. The molecule has 0 aliphatic heterocycles. The Morgan fingerprint density at radius 1 is 1.57 bits per heavy atom. The molecule has 0 fully saturated rings. The molecule has 36 valence electrons. The van der Waals surface area contributed by atoms with Crippen molar-refractivity contribution in [2.45, 2.75) is 0 Å². The molecule has 1 rings (SSSR count). The summed E-state index contributed by atoms with van der Waals surface area (Å²) in [6.07, 6.45) is 1.65. The molecule has 0 aromatic carbocycles. The maximum Gasteiger partial charge on any atom is 0.329 e. The zero-order valence-electron chi connectivity index (χ0n) is 3.52. The van der Waals surface area contributed by atoms with Crippen molar-refractivity contribution in [1.29, 1.82) is 0 Å². The lowest BCUT2D eigenvalue weighted by Gasteiger charge is -1.66. The minimum Gasteiger partial charge on any atom is -0.117 e. The van der Waals surface area contributed by atoms with Crippen LogP contribution >= 0.6 is 19.1 Å². The van der Waals surface area contributed by atoms with Gasteiger partial charge in [0, 0.05) is 6.07 Å². The van der Waals surface area contributed by atoms with E-state index >= 15 is 0 Å². The second-order valence-electron chi connectivity index (χ2n) is 1.02. The van der Waals surface area contributed by atoms with Crippen LogP contribution in [-0.2, 0) is 0 Å². The molecule has 0 amide bonds. The van der Waals surface area contributed by atoms with Gasteiger partial charge in [0.1, 0.15) is 0 Å². The Kier molecular flexibility index (Phi) is 1.60. The van der Waals surface area contributed by atoms with Gasteiger partial charge in [0.25, 0.3) is 0 Å². The van der Waals surface area contributed by atoms with Crippen LogP contribution in [0.4, 0.5) is 0 Å². The highest BCUT2D eigenvalue weighted by Gasteiger charge is 1.92. The van der Waals surface area contributed by atoms with E-state index in [2.05, 4.69) is 22.2 Å². The van der Waals surface area contributed by atoms with Crippen molar-refractivity contribution in [3.05, 3.63) is 18.1 Å². The summed E-state index contributed by atoms with van der Waals surface area (Å²) in [7, 11) is 0. The fraction of sp³-hybridized carbons (Fsp3) is 0. The minimum absolute atomic E-state index is 0.551. The molecule has 0 aliphatic carbocycles. The predicted octanol–water partition coefficient (Wildman–Crippen LogP) is 1.44. The van der Waals surface area contributed by atoms with Gasteiger partial charge in [0.15, 0.2) is 5.80 Å². The van der Waals surface area contributed by atoms with Crippen LogP contribution in [0.5, 0.6) is 0 Å². The number of hydrogen-bond acceptors (Lipinski definition) is 3. The molecule has 7 heavy (non-hydrogen) atoms. The highest BCUT2D eigenvalue weighted by molar-refractivity contribution is 8.40. The Morgan fingerprint density at radius 3 is 2.71 bits per heavy atom. The van der Waals surface area contributed by atoms with Crippen molar-refractivity contribution < 1.29 is 0 Å². The van der Waals surface area contributed by atoms with Crippen LogP contribution in [0, 0.1) is 0 Å². The van der Waals surface area contributed by atoms with Crippen LogP contribution < -0.4 is 0 Å². The molecule has 0 bridgehead atoms. The fourth-order valence-corrected chi connectivity index (χ4v) is 1.09. The summed E-state index contributed by atoms with van der Waals surface area (Å²) in [6, 6.07) is 1.85. The molecular formula is C3H4N2PS+. The van der Waals surface area contributed by atoms with Crippen LogP contribution in [-0.4, -0.2) is 9.96 Å². The van der Waals surface area contributed by atoms with Crippen molar-refractivity contribution in [1.82, 2.24) is 9.96 Å². The number of rotatable bonds is 0. The third-order valence-electron chi connectivity index (χ3n) is 0.515. The summed E-state index contributed by atoms with van der Waals surface area (Å²) in [6.45, 7) is -0.551. The molecule has 0 saturated heterocycles. The summed E-state index contributed by atoms with van der Waals surface area (Å²) >= 11 is 4.06. The molecule has 0 saturated carbocycles. The lowest BCUT2D eigenvalue weighted by molar-refractivity contribution is 1.13. The van der Waals surface area contributed by atoms with Gasteiger partial charge in [-0.3, -0.25) is 0 Å². The molecule has 1 aromatic heterocycles. The Bertz CT molecular complexity index is 143. The van der Waals surface area contributed by atoms with E-state index in [1.54, 1.807) is 6.20 Å². The van der Waals surface area contributed by atoms with E-state index in [0.29, 0.717) is 0 Å². The summed E-state index contributed by atoms with van der Waals surface area (Å²) < 4.78 is 0. The summed E-state index contributed by atoms with van der Waals surface area (Å²) in [5.74, 6) is 1.92. The number of hydrogen-bond donors (Lipinski definition) is 1. The molecule has 0 aliphatic rings. The van der Waals surface area contributed by atoms with Gasteiger partial charge in [-0.1, -0.05) is 0 Å². The molecule has 1 aromatic rings. The third kappa shape index (κ3) is 1.41. The third-order valence-corrected chi connectivity index (χ3v) is 1.88. The Labute approximate surface area is 47.9 Å². The molecule has 1 unspecified atom stereocenters. The Balaban J connectivity index is 3.02. The molecular weight excluding hydrogens is 127 g/mol. The van der Waals surface area contributed by atoms with Gasteiger partial charge in [-0.05, 0) is 0 Å². The first-order valence-corrected chi connectivity index (χ1v) is 4.30. The summed E-state index contributed by atoms with van der Waals surface area (Å²) in [4.78, 5) is 3.74. The van der Waals surface area contributed by atoms with E-state index in [1.165, 1.54) is 0 Å². The second kappa shape index (κ2) is 2.24. The smallest absolute Gasteiger partial charge is 0.117 e. The first-order valence-electron chi connectivity index (χ1n) is 1.78. The van der Waals surface area contributed by atoms with Crippen LogP contribution in [0.25, 0.3) is 0 Å². The van der Waals surface area contributed by atoms with Crippen molar-refractivity contribution >= 4 is 19.1 Å². The van der Waals surface area contributed by atoms with Crippen molar-refractivity contribution in [2.75, 3.05) is 0 Å². The number of nitrogens with zero attached hydrogens (tertiary/aromatic N) is 2. The van der Waals surface area contributed by atoms with Crippen molar-refractivity contribution in [3.8, 4) is 0 Å². The minimum atomic E-state index is -0.551. The first-order chi connectivity index (χ1) is 3.39. The lowest BCUT2D eigenvalue weighted by Crippen LogP contribution is -1.66. The molecule has 2 nitrogen and oxygen atoms in total. The summed E-state index contributed by atoms with van der Waals surface area (Å²) in [5.41, 5.74) is 0. The zero-order chi connectivity index (χ0) is 5.11. The largest absolute Gasteiger partial charge is 0.329 e. The predicted molar refractivity (Wildman–Crippen MR) is 33.5 cm³/mol. The number of aromatic nitrogens is 2. The van der Waals surface area contributed by atoms with Crippen molar-refractivity contribution in [2.24, 2.45) is 0 Å². The fourth-order valence-electron chi connectivity index (χ4n) is 0.266. The summed E-state index contributed by atoms with van der Waals surface area (Å²) in [5, 5.41) is 3.62. The molecule has 4 heteroatoms. The maximum absolute atomic E-state index is 4.06. The van der Waals surface area contributed by atoms with Crippen LogP contribution in [0.15, 0.2) is 18.1 Å². The Hall–Kier alpha value is -0.140. The van der Waals surface area contributed by atoms with Crippen LogP contribution in [0.3, 0.4) is 0 Å². The van der Waals surface area contributed by atoms with E-state index in [9.17, 15) is 0 Å². The normalized spacial score (nSPS) is 11.3. The average Bonchev–Trinajstić information content (AvgIpc) is 1.69. The van der Waals surface area contributed by atoms with E-state index in [0.717, 1.165) is 0 Å². The van der Waals surface area contributed by atoms with E-state index < -0.39 is 6.89 Å². The van der Waals surface area contributed by atoms with Gasteiger partial charge in [-0.2, -0.15) is 0 Å². The molecule has 0 N–H and O–H groups in total. The van der Waals surface area contributed by atoms with Gasteiger partial charge in [0.05, 0.1) is 23.3 Å². The topological polar surface area (TPSA) is 25.8 Å². The van der Waals surface area contributed by atoms with E-state index in [4.69, 9.17) is 0 Å². The van der Waals surface area contributed by atoms with Crippen LogP contribution in [0.1, 0.15) is 0 Å². The Morgan fingerprint density at radius 2 is 2.43 bits per heavy atom. The standard InChI is InChI=1S/C3H4N2PS/c7-6-3-1-2-4-5-6/h1-3H,(H,5,7)/q+1. The van der Waals surface area contributed by atoms with Gasteiger partial charge in [0.2, 0.25) is 0 Å². The average molecular weight is 131 g/mol. The molecule has 0 spiro atoms. The van der Waals surface area contributed by atoms with Gasteiger partial charge >= 0.3 is 6.89 Å². The van der Waals surface area contributed by atoms with E-state index in [-0.39, 0.29) is 0 Å². The van der Waals surface area contributed by atoms with Crippen LogP contribution in [0.2, 0.25) is 0 Å². The SMILES string of the molecule is S[p+]1cccnn1. The zero-order valence-corrected chi connectivity index (χ0v) is 5.31. The van der Waals surface area contributed by atoms with E-state index in [1.807, 2.05) is 11.9 Å². The monoisotopic (exact) mass is 131 g/mol. The highest BCUT2D eigenvalue weighted by atomic mass is 32.7. The molecule has 1 atom stereocenters. The first kappa shape index (κ1) is 5.01. The lowest BCUT2D eigenvalue weighted by atomic mass is 10.8. The van der Waals surface area contributed by atoms with Gasteiger partial charge in [-0.25, -0.2) is 0 Å². The number of thiol groups is 1. The van der Waals surface area contributed by atoms with Gasteiger partial charge in [-0.15, -0.1) is 5.10 Å². The second-order valence-corrected chi connectivity index (χ2v) is 3.36. The van der Waals surface area contributed by atoms with Crippen molar-refractivity contribution in [3.63, 3.8) is 0 Å². The maximum atomic E-state index is 4.06. The van der Waals surface area contributed by atoms with Gasteiger partial charge < -0.3 is 0 Å². The molecule has 0 radical (unpaired) electrons. The quantitative estimate of drug-likeness (QED) is 0.539. The highest BCUT2D eigenvalue weighted by Crippen LogP contribution is 2.22.